The van der Waals surface area contributed by atoms with E-state index >= 15 is 0 Å². The van der Waals surface area contributed by atoms with Gasteiger partial charge < -0.3 is 4.74 Å². The molecule has 17 heavy (non-hydrogen) atoms. The summed E-state index contributed by atoms with van der Waals surface area (Å²) in [5, 5.41) is 1.26. The zero-order valence-corrected chi connectivity index (χ0v) is 10.7. The summed E-state index contributed by atoms with van der Waals surface area (Å²) in [6.07, 6.45) is 0.882. The second kappa shape index (κ2) is 5.84. The average Bonchev–Trinajstić information content (AvgIpc) is 2.28. The van der Waals surface area contributed by atoms with Gasteiger partial charge in [-0.3, -0.25) is 0 Å². The van der Waals surface area contributed by atoms with Crippen molar-refractivity contribution in [2.45, 2.75) is 11.8 Å². The highest BCUT2D eigenvalue weighted by atomic mass is 35.5. The van der Waals surface area contributed by atoms with Gasteiger partial charge in [0.1, 0.15) is 0 Å². The molecule has 0 saturated heterocycles. The van der Waals surface area contributed by atoms with Crippen LogP contribution in [0, 0.1) is 0 Å². The molecule has 0 N–H and O–H groups in total. The summed E-state index contributed by atoms with van der Waals surface area (Å²) in [6, 6.07) is 5.67. The summed E-state index contributed by atoms with van der Waals surface area (Å²) in [4.78, 5) is 11.1. The van der Waals surface area contributed by atoms with E-state index in [9.17, 15) is 13.2 Å². The minimum atomic E-state index is -3.63. The number of halogens is 1. The van der Waals surface area contributed by atoms with Crippen molar-refractivity contribution in [3.8, 4) is 0 Å². The third-order valence-electron chi connectivity index (χ3n) is 1.81. The number of hydrogen-bond donors (Lipinski definition) is 0. The number of carbonyl (C=O) groups excluding carboxylic acids is 1. The molecular weight excluding hydrogens is 264 g/mol. The summed E-state index contributed by atoms with van der Waals surface area (Å²) < 4.78 is 28.0. The molecule has 0 saturated carbocycles. The van der Waals surface area contributed by atoms with Crippen molar-refractivity contribution in [1.29, 1.82) is 0 Å². The molecule has 6 heteroatoms. The molecule has 0 fully saturated rings. The molecule has 0 aliphatic heterocycles. The summed E-state index contributed by atoms with van der Waals surface area (Å²) in [7, 11) is -3.63. The minimum Gasteiger partial charge on any atom is -0.463 e. The lowest BCUT2D eigenvalue weighted by molar-refractivity contribution is -0.137. The van der Waals surface area contributed by atoms with E-state index in [1.807, 2.05) is 0 Å². The van der Waals surface area contributed by atoms with Crippen LogP contribution in [0.1, 0.15) is 6.92 Å². The summed E-state index contributed by atoms with van der Waals surface area (Å²) in [6.45, 7) is 1.84. The Kier molecular flexibility index (Phi) is 4.72. The first-order valence-electron chi connectivity index (χ1n) is 4.81. The SMILES string of the molecule is CCOC(=O)/C=C/S(=O)(=O)c1ccc(Cl)cc1. The lowest BCUT2D eigenvalue weighted by atomic mass is 10.4. The van der Waals surface area contributed by atoms with E-state index in [2.05, 4.69) is 4.74 Å². The van der Waals surface area contributed by atoms with Crippen molar-refractivity contribution in [2.75, 3.05) is 6.61 Å². The van der Waals surface area contributed by atoms with E-state index in [4.69, 9.17) is 11.6 Å². The van der Waals surface area contributed by atoms with E-state index in [1.54, 1.807) is 6.92 Å². The van der Waals surface area contributed by atoms with Gasteiger partial charge in [-0.2, -0.15) is 0 Å². The Balaban J connectivity index is 2.89. The Morgan fingerprint density at radius 3 is 2.47 bits per heavy atom. The third-order valence-corrected chi connectivity index (χ3v) is 3.49. The van der Waals surface area contributed by atoms with Gasteiger partial charge in [-0.15, -0.1) is 0 Å². The summed E-state index contributed by atoms with van der Waals surface area (Å²) in [5.41, 5.74) is 0. The van der Waals surface area contributed by atoms with Crippen LogP contribution in [0.4, 0.5) is 0 Å². The standard InChI is InChI=1S/C11H11ClO4S/c1-2-16-11(13)7-8-17(14,15)10-5-3-9(12)4-6-10/h3-8H,2H2,1H3/b8-7+. The van der Waals surface area contributed by atoms with Crippen molar-refractivity contribution in [1.82, 2.24) is 0 Å². The van der Waals surface area contributed by atoms with Gasteiger partial charge in [0, 0.05) is 16.5 Å². The molecule has 0 aliphatic carbocycles. The monoisotopic (exact) mass is 274 g/mol. The van der Waals surface area contributed by atoms with Crippen LogP contribution < -0.4 is 0 Å². The smallest absolute Gasteiger partial charge is 0.331 e. The van der Waals surface area contributed by atoms with E-state index in [1.165, 1.54) is 24.3 Å². The molecule has 0 radical (unpaired) electrons. The van der Waals surface area contributed by atoms with Crippen molar-refractivity contribution in [3.63, 3.8) is 0 Å². The van der Waals surface area contributed by atoms with E-state index in [-0.39, 0.29) is 11.5 Å². The van der Waals surface area contributed by atoms with Crippen molar-refractivity contribution >= 4 is 27.4 Å². The number of ether oxygens (including phenoxy) is 1. The maximum absolute atomic E-state index is 11.7. The molecule has 92 valence electrons. The van der Waals surface area contributed by atoms with Crippen LogP contribution in [0.5, 0.6) is 0 Å². The van der Waals surface area contributed by atoms with Gasteiger partial charge in [0.05, 0.1) is 11.5 Å². The first kappa shape index (κ1) is 13.7. The predicted octanol–water partition coefficient (Wildman–Crippen LogP) is 2.19. The van der Waals surface area contributed by atoms with E-state index in [0.717, 1.165) is 11.5 Å². The summed E-state index contributed by atoms with van der Waals surface area (Å²) in [5.74, 6) is -0.690. The van der Waals surface area contributed by atoms with Crippen molar-refractivity contribution in [3.05, 3.63) is 40.8 Å². The highest BCUT2D eigenvalue weighted by Crippen LogP contribution is 2.16. The van der Waals surface area contributed by atoms with Gasteiger partial charge >= 0.3 is 5.97 Å². The molecule has 0 atom stereocenters. The molecule has 0 heterocycles. The van der Waals surface area contributed by atoms with E-state index in [0.29, 0.717) is 5.02 Å². The fraction of sp³-hybridized carbons (Fsp3) is 0.182. The number of hydrogen-bond acceptors (Lipinski definition) is 4. The van der Waals surface area contributed by atoms with Gasteiger partial charge in [0.2, 0.25) is 0 Å². The van der Waals surface area contributed by atoms with Crippen molar-refractivity contribution < 1.29 is 17.9 Å². The molecule has 0 aromatic heterocycles. The minimum absolute atomic E-state index is 0.0717. The van der Waals surface area contributed by atoms with Gasteiger partial charge in [0.25, 0.3) is 0 Å². The second-order valence-corrected chi connectivity index (χ2v) is 5.32. The van der Waals surface area contributed by atoms with Gasteiger partial charge in [-0.05, 0) is 31.2 Å². The molecule has 1 rings (SSSR count). The highest BCUT2D eigenvalue weighted by molar-refractivity contribution is 7.94. The average molecular weight is 275 g/mol. The normalized spacial score (nSPS) is 11.6. The number of benzene rings is 1. The third kappa shape index (κ3) is 4.20. The van der Waals surface area contributed by atoms with Gasteiger partial charge in [0.15, 0.2) is 9.84 Å². The fourth-order valence-corrected chi connectivity index (χ4v) is 2.13. The fourth-order valence-electron chi connectivity index (χ4n) is 1.04. The molecule has 1 aromatic carbocycles. The van der Waals surface area contributed by atoms with Gasteiger partial charge in [-0.25, -0.2) is 13.2 Å². The molecule has 0 aliphatic rings. The van der Waals surface area contributed by atoms with Crippen LogP contribution in [0.3, 0.4) is 0 Å². The zero-order valence-electron chi connectivity index (χ0n) is 9.09. The van der Waals surface area contributed by atoms with Crippen LogP contribution in [-0.2, 0) is 19.4 Å². The molecule has 1 aromatic rings. The summed E-state index contributed by atoms with van der Waals surface area (Å²) >= 11 is 5.64. The topological polar surface area (TPSA) is 60.4 Å². The Morgan fingerprint density at radius 1 is 1.35 bits per heavy atom. The zero-order chi connectivity index (χ0) is 12.9. The maximum atomic E-state index is 11.7. The first-order valence-corrected chi connectivity index (χ1v) is 6.73. The number of carbonyl (C=O) groups is 1. The van der Waals surface area contributed by atoms with Gasteiger partial charge in [-0.1, -0.05) is 11.6 Å². The molecule has 0 amide bonds. The second-order valence-electron chi connectivity index (χ2n) is 3.05. The van der Waals surface area contributed by atoms with Crippen molar-refractivity contribution in [2.24, 2.45) is 0 Å². The highest BCUT2D eigenvalue weighted by Gasteiger charge is 2.10. The van der Waals surface area contributed by atoms with E-state index < -0.39 is 15.8 Å². The Hall–Kier alpha value is -1.33. The van der Waals surface area contributed by atoms with Crippen LogP contribution in [0.25, 0.3) is 0 Å². The van der Waals surface area contributed by atoms with Crippen LogP contribution in [0.2, 0.25) is 5.02 Å². The van der Waals surface area contributed by atoms with Crippen LogP contribution in [-0.4, -0.2) is 21.0 Å². The number of esters is 1. The lowest BCUT2D eigenvalue weighted by Crippen LogP contribution is -2.02. The maximum Gasteiger partial charge on any atom is 0.331 e. The largest absolute Gasteiger partial charge is 0.463 e. The first-order chi connectivity index (χ1) is 7.95. The lowest BCUT2D eigenvalue weighted by Gasteiger charge is -1.99. The van der Waals surface area contributed by atoms with Crippen LogP contribution >= 0.6 is 11.6 Å². The molecule has 0 unspecified atom stereocenters. The Bertz CT molecular complexity index is 517. The number of sulfone groups is 1. The molecule has 4 nitrogen and oxygen atoms in total. The molecular formula is C11H11ClO4S. The van der Waals surface area contributed by atoms with Crippen LogP contribution in [0.15, 0.2) is 40.6 Å². The number of rotatable bonds is 4. The Morgan fingerprint density at radius 2 is 1.94 bits per heavy atom. The molecule has 0 bridgehead atoms. The quantitative estimate of drug-likeness (QED) is 0.624. The predicted molar refractivity (Wildman–Crippen MR) is 64.4 cm³/mol. The Labute approximate surface area is 105 Å². The molecule has 0 spiro atoms.